The molecule has 0 bridgehead atoms. The Morgan fingerprint density at radius 1 is 0.136 bits per heavy atom. The van der Waals surface area contributed by atoms with Gasteiger partial charge < -0.3 is 0 Å². The van der Waals surface area contributed by atoms with E-state index in [0.29, 0.717) is 17.5 Å². The topological polar surface area (TPSA) is 129 Å². The largest absolute Gasteiger partial charge is 0.232 e. The van der Waals surface area contributed by atoms with Gasteiger partial charge in [0.15, 0.2) is 29.1 Å². The summed E-state index contributed by atoms with van der Waals surface area (Å²) in [7, 11) is 0. The fourth-order valence-electron chi connectivity index (χ4n) is 13.3. The molecular formula is C108H98N10. The lowest BCUT2D eigenvalue weighted by Crippen LogP contribution is -2.18. The van der Waals surface area contributed by atoms with Crippen molar-refractivity contribution in [2.75, 3.05) is 0 Å². The maximum absolute atomic E-state index is 5.22. The first-order valence-corrected chi connectivity index (χ1v) is 40.3. The molecule has 17 rings (SSSR count). The van der Waals surface area contributed by atoms with E-state index >= 15 is 0 Å². The molecule has 0 aliphatic rings. The highest BCUT2D eigenvalue weighted by Crippen LogP contribution is 2.39. The van der Waals surface area contributed by atoms with Crippen LogP contribution in [0.2, 0.25) is 0 Å². The number of nitrogens with zero attached hydrogens (tertiary/aromatic N) is 10. The summed E-state index contributed by atoms with van der Waals surface area (Å²) < 4.78 is 0. The zero-order valence-electron chi connectivity index (χ0n) is 69.3. The minimum Gasteiger partial charge on any atom is -0.232 e. The highest BCUT2D eigenvalue weighted by molar-refractivity contribution is 5.84. The van der Waals surface area contributed by atoms with E-state index in [0.717, 1.165) is 124 Å². The number of aromatic nitrogens is 10. The Morgan fingerprint density at radius 3 is 0.576 bits per heavy atom. The Labute approximate surface area is 695 Å². The van der Waals surface area contributed by atoms with Crippen molar-refractivity contribution in [1.82, 2.24) is 49.8 Å². The number of benzene rings is 13. The van der Waals surface area contributed by atoms with Crippen LogP contribution in [0.1, 0.15) is 106 Å². The molecule has 0 amide bonds. The van der Waals surface area contributed by atoms with Crippen LogP contribution in [0, 0.1) is 0 Å². The Kier molecular flexibility index (Phi) is 24.8. The quantitative estimate of drug-likeness (QED) is 0.110. The first-order valence-electron chi connectivity index (χ1n) is 40.3. The van der Waals surface area contributed by atoms with Crippen LogP contribution in [0.3, 0.4) is 0 Å². The van der Waals surface area contributed by atoms with Crippen molar-refractivity contribution in [1.29, 1.82) is 0 Å². The fraction of sp³-hybridized carbons (Fsp3) is 0.148. The molecule has 118 heavy (non-hydrogen) atoms. The second-order valence-electron chi connectivity index (χ2n) is 33.4. The minimum absolute atomic E-state index is 0.0631. The molecule has 0 atom stereocenters. The summed E-state index contributed by atoms with van der Waals surface area (Å²) in [5.74, 6) is 6.00. The first-order chi connectivity index (χ1) is 57.0. The van der Waals surface area contributed by atoms with Crippen LogP contribution in [0.15, 0.2) is 376 Å². The molecule has 0 fully saturated rings. The van der Waals surface area contributed by atoms with Gasteiger partial charge in [0, 0.05) is 66.3 Å². The molecule has 0 spiro atoms. The van der Waals surface area contributed by atoms with E-state index in [1.807, 2.05) is 158 Å². The smallest absolute Gasteiger partial charge is 0.164 e. The second kappa shape index (κ2) is 36.2. The molecule has 0 saturated carbocycles. The molecule has 4 aromatic heterocycles. The van der Waals surface area contributed by atoms with Gasteiger partial charge in [0.1, 0.15) is 17.5 Å². The summed E-state index contributed by atoms with van der Waals surface area (Å²) >= 11 is 0. The van der Waals surface area contributed by atoms with E-state index < -0.39 is 0 Å². The summed E-state index contributed by atoms with van der Waals surface area (Å²) in [6, 6.07) is 129. The Morgan fingerprint density at radius 2 is 0.331 bits per heavy atom. The summed E-state index contributed by atoms with van der Waals surface area (Å²) in [6.07, 6.45) is 0. The third-order valence-corrected chi connectivity index (χ3v) is 19.9. The van der Waals surface area contributed by atoms with E-state index in [9.17, 15) is 0 Å². The van der Waals surface area contributed by atoms with E-state index in [2.05, 4.69) is 316 Å². The molecular weight excluding hydrogens is 1440 g/mol. The van der Waals surface area contributed by atoms with E-state index in [1.54, 1.807) is 0 Å². The van der Waals surface area contributed by atoms with Gasteiger partial charge in [0.05, 0.1) is 22.8 Å². The minimum atomic E-state index is -0.247. The van der Waals surface area contributed by atoms with Gasteiger partial charge in [0.2, 0.25) is 0 Å². The van der Waals surface area contributed by atoms with Crippen molar-refractivity contribution >= 4 is 0 Å². The normalized spacial score (nSPS) is 11.4. The van der Waals surface area contributed by atoms with Crippen molar-refractivity contribution in [3.63, 3.8) is 0 Å². The average molecular weight is 1540 g/mol. The van der Waals surface area contributed by atoms with Crippen LogP contribution >= 0.6 is 0 Å². The van der Waals surface area contributed by atoms with Crippen molar-refractivity contribution in [2.24, 2.45) is 0 Å². The molecule has 10 heteroatoms. The molecule has 0 radical (unpaired) electrons. The predicted molar refractivity (Wildman–Crippen MR) is 489 cm³/mol. The Balaban J connectivity index is 0.000000137. The molecule has 17 aromatic rings. The van der Waals surface area contributed by atoms with Gasteiger partial charge in [-0.15, -0.1) is 0 Å². The SMILES string of the molecule is CC(C)(C)c1cccc(-c2nc(-c3ccccc3)nc(-c3ccccc3)n2)c1.CC(C)(C)c1nc(-c2cc(-c3ccccc3)cc(-c3ccccc3)c2)cc(-c2cc(-c3ccccc3)cc(-c3ccccc3)c2)n1.CC(C)(C)c1nc(-c2ccccc2)cc(-c2ccccc2)n1.CC(C)(C)c1nc(-c2ccccc2)nc(-c2ccccc2)n1. The standard InChI is InChI=1S/C44H36N2.C25H23N3.C20H20N2.C19H19N3/c1-44(2,3)43-45-41(39-26-35(31-16-8-4-9-17-31)24-36(27-39)32-18-10-5-11-19-32)30-42(46-43)40-28-37(33-20-12-6-13-21-33)25-38(29-40)34-22-14-7-15-23-34;1-25(2,3)21-16-10-15-20(17-21)24-27-22(18-11-6-4-7-12-18)26-23(28-24)19-13-8-5-9-14-19;1-20(2,3)19-21-17(15-10-6-4-7-11-15)14-18(22-19)16-12-8-5-9-13-16;1-19(2,3)18-21-16(14-10-6-4-7-11-14)20-17(22-18)15-12-8-5-9-13-15/h4-30H,1-3H3;4-17H,1-3H3;4-14H,1-3H3;4-13H,1-3H3. The lowest BCUT2D eigenvalue weighted by molar-refractivity contribution is 0.543. The molecule has 0 N–H and O–H groups in total. The summed E-state index contributed by atoms with van der Waals surface area (Å²) in [5.41, 5.74) is 23.3. The third-order valence-electron chi connectivity index (χ3n) is 19.9. The van der Waals surface area contributed by atoms with Crippen molar-refractivity contribution in [3.8, 4) is 146 Å². The lowest BCUT2D eigenvalue weighted by Gasteiger charge is -2.20. The number of rotatable bonds is 13. The van der Waals surface area contributed by atoms with Crippen LogP contribution in [-0.2, 0) is 21.7 Å². The zero-order chi connectivity index (χ0) is 82.2. The van der Waals surface area contributed by atoms with Gasteiger partial charge >= 0.3 is 0 Å². The van der Waals surface area contributed by atoms with Gasteiger partial charge in [-0.05, 0) is 110 Å². The molecule has 0 aliphatic carbocycles. The molecule has 0 aliphatic heterocycles. The molecule has 0 unspecified atom stereocenters. The maximum Gasteiger partial charge on any atom is 0.164 e. The molecule has 0 saturated heterocycles. The molecule has 580 valence electrons. The van der Waals surface area contributed by atoms with Gasteiger partial charge in [-0.25, -0.2) is 49.8 Å². The van der Waals surface area contributed by atoms with E-state index in [-0.39, 0.29) is 21.7 Å². The third kappa shape index (κ3) is 20.8. The number of hydrogen-bond acceptors (Lipinski definition) is 10. The first kappa shape index (κ1) is 80.6. The van der Waals surface area contributed by atoms with Crippen LogP contribution in [0.25, 0.3) is 146 Å². The van der Waals surface area contributed by atoms with Crippen molar-refractivity contribution in [3.05, 3.63) is 399 Å². The zero-order valence-corrected chi connectivity index (χ0v) is 69.3. The van der Waals surface area contributed by atoms with Crippen LogP contribution < -0.4 is 0 Å². The highest BCUT2D eigenvalue weighted by atomic mass is 15.0. The van der Waals surface area contributed by atoms with Crippen molar-refractivity contribution in [2.45, 2.75) is 105 Å². The van der Waals surface area contributed by atoms with Crippen LogP contribution in [0.4, 0.5) is 0 Å². The average Bonchev–Trinajstić information content (AvgIpc) is 0.790. The number of hydrogen-bond donors (Lipinski definition) is 0. The summed E-state index contributed by atoms with van der Waals surface area (Å²) in [6.45, 7) is 26.0. The van der Waals surface area contributed by atoms with Crippen LogP contribution in [-0.4, -0.2) is 49.8 Å². The molecule has 4 heterocycles. The second-order valence-corrected chi connectivity index (χ2v) is 33.4. The Hall–Kier alpha value is -14.0. The predicted octanol–water partition coefficient (Wildman–Crippen LogP) is 27.6. The van der Waals surface area contributed by atoms with Gasteiger partial charge in [0.25, 0.3) is 0 Å². The monoisotopic (exact) mass is 1530 g/mol. The van der Waals surface area contributed by atoms with Crippen LogP contribution in [0.5, 0.6) is 0 Å². The summed E-state index contributed by atoms with van der Waals surface area (Å²) in [5, 5.41) is 0. The van der Waals surface area contributed by atoms with Gasteiger partial charge in [-0.2, -0.15) is 0 Å². The fourth-order valence-corrected chi connectivity index (χ4v) is 13.3. The molecule has 13 aromatic carbocycles. The summed E-state index contributed by atoms with van der Waals surface area (Å²) in [4.78, 5) is 48.4. The van der Waals surface area contributed by atoms with Crippen molar-refractivity contribution < 1.29 is 0 Å². The lowest BCUT2D eigenvalue weighted by atomic mass is 9.86. The molecule has 10 nitrogen and oxygen atoms in total. The van der Waals surface area contributed by atoms with E-state index in [4.69, 9.17) is 34.9 Å². The van der Waals surface area contributed by atoms with E-state index in [1.165, 1.54) is 27.8 Å². The highest BCUT2D eigenvalue weighted by Gasteiger charge is 2.25. The maximum atomic E-state index is 5.22. The van der Waals surface area contributed by atoms with Gasteiger partial charge in [-0.1, -0.05) is 405 Å². The Bertz CT molecular complexity index is 5580. The van der Waals surface area contributed by atoms with Gasteiger partial charge in [-0.3, -0.25) is 0 Å².